The molecule has 3 N–H and O–H groups in total. The minimum atomic E-state index is 0.133. The van der Waals surface area contributed by atoms with Crippen LogP contribution in [0, 0.1) is 0 Å². The molecule has 1 aromatic heterocycles. The van der Waals surface area contributed by atoms with E-state index in [1.54, 1.807) is 13.3 Å². The molecule has 0 spiro atoms. The Morgan fingerprint density at radius 2 is 2.41 bits per heavy atom. The average Bonchev–Trinajstić information content (AvgIpc) is 3.16. The van der Waals surface area contributed by atoms with Crippen LogP contribution in [0.25, 0.3) is 0 Å². The normalized spacial score (nSPS) is 17.7. The summed E-state index contributed by atoms with van der Waals surface area (Å²) in [5, 5.41) is 6.90. The van der Waals surface area contributed by atoms with Crippen molar-refractivity contribution in [1.82, 2.24) is 15.1 Å². The lowest BCUT2D eigenvalue weighted by atomic mass is 10.0. The van der Waals surface area contributed by atoms with Gasteiger partial charge in [-0.25, -0.2) is 0 Å². The average molecular weight is 300 g/mol. The molecule has 1 saturated heterocycles. The number of amides is 1. The van der Waals surface area contributed by atoms with E-state index < -0.39 is 0 Å². The fourth-order valence-electron chi connectivity index (χ4n) is 2.92. The molecule has 0 aliphatic carbocycles. The summed E-state index contributed by atoms with van der Waals surface area (Å²) in [7, 11) is 1.63. The SMILES string of the molecule is COc1cccc(CC(=O)N2CCC(c3[nH]ncc3N)C2)c1. The van der Waals surface area contributed by atoms with Crippen molar-refractivity contribution in [2.24, 2.45) is 0 Å². The fourth-order valence-corrected chi connectivity index (χ4v) is 2.92. The molecule has 0 radical (unpaired) electrons. The summed E-state index contributed by atoms with van der Waals surface area (Å²) in [6.07, 6.45) is 2.93. The first kappa shape index (κ1) is 14.4. The molecule has 116 valence electrons. The molecular weight excluding hydrogens is 280 g/mol. The van der Waals surface area contributed by atoms with Gasteiger partial charge in [0, 0.05) is 19.0 Å². The van der Waals surface area contributed by atoms with Gasteiger partial charge in [0.05, 0.1) is 31.1 Å². The Labute approximate surface area is 129 Å². The summed E-state index contributed by atoms with van der Waals surface area (Å²) in [6, 6.07) is 7.62. The number of aromatic nitrogens is 2. The van der Waals surface area contributed by atoms with Crippen LogP contribution in [0.2, 0.25) is 0 Å². The van der Waals surface area contributed by atoms with Crippen molar-refractivity contribution in [3.05, 3.63) is 41.7 Å². The Kier molecular flexibility index (Phi) is 4.00. The van der Waals surface area contributed by atoms with E-state index in [2.05, 4.69) is 10.2 Å². The maximum Gasteiger partial charge on any atom is 0.227 e. The molecule has 2 aromatic rings. The number of hydrogen-bond donors (Lipinski definition) is 2. The zero-order chi connectivity index (χ0) is 15.5. The highest BCUT2D eigenvalue weighted by Gasteiger charge is 2.29. The van der Waals surface area contributed by atoms with Gasteiger partial charge >= 0.3 is 0 Å². The lowest BCUT2D eigenvalue weighted by molar-refractivity contribution is -0.129. The second-order valence-electron chi connectivity index (χ2n) is 5.59. The van der Waals surface area contributed by atoms with E-state index in [4.69, 9.17) is 10.5 Å². The zero-order valence-electron chi connectivity index (χ0n) is 12.6. The van der Waals surface area contributed by atoms with Crippen molar-refractivity contribution < 1.29 is 9.53 Å². The van der Waals surface area contributed by atoms with E-state index in [1.165, 1.54) is 0 Å². The first-order valence-corrected chi connectivity index (χ1v) is 7.37. The second kappa shape index (κ2) is 6.09. The highest BCUT2D eigenvalue weighted by molar-refractivity contribution is 5.79. The topological polar surface area (TPSA) is 84.2 Å². The van der Waals surface area contributed by atoms with E-state index in [-0.39, 0.29) is 11.8 Å². The predicted molar refractivity (Wildman–Crippen MR) is 83.6 cm³/mol. The third-order valence-electron chi connectivity index (χ3n) is 4.14. The highest BCUT2D eigenvalue weighted by atomic mass is 16.5. The van der Waals surface area contributed by atoms with Gasteiger partial charge in [0.25, 0.3) is 0 Å². The molecular formula is C16H20N4O2. The zero-order valence-corrected chi connectivity index (χ0v) is 12.6. The first-order chi connectivity index (χ1) is 10.7. The minimum Gasteiger partial charge on any atom is -0.497 e. The quantitative estimate of drug-likeness (QED) is 0.897. The maximum absolute atomic E-state index is 12.4. The van der Waals surface area contributed by atoms with Crippen molar-refractivity contribution in [1.29, 1.82) is 0 Å². The van der Waals surface area contributed by atoms with Crippen LogP contribution >= 0.6 is 0 Å². The molecule has 0 bridgehead atoms. The molecule has 1 fully saturated rings. The maximum atomic E-state index is 12.4. The van der Waals surface area contributed by atoms with Crippen LogP contribution in [0.15, 0.2) is 30.5 Å². The van der Waals surface area contributed by atoms with Gasteiger partial charge in [-0.2, -0.15) is 5.10 Å². The minimum absolute atomic E-state index is 0.133. The molecule has 22 heavy (non-hydrogen) atoms. The molecule has 0 saturated carbocycles. The molecule has 2 heterocycles. The molecule has 1 aliphatic rings. The predicted octanol–water partition coefficient (Wildman–Crippen LogP) is 1.56. The number of likely N-dealkylation sites (tertiary alicyclic amines) is 1. The third-order valence-corrected chi connectivity index (χ3v) is 4.14. The number of carbonyl (C=O) groups is 1. The summed E-state index contributed by atoms with van der Waals surface area (Å²) in [5.41, 5.74) is 8.47. The van der Waals surface area contributed by atoms with Gasteiger partial charge in [-0.15, -0.1) is 0 Å². The molecule has 1 amide bonds. The number of nitrogens with two attached hydrogens (primary N) is 1. The van der Waals surface area contributed by atoms with Crippen molar-refractivity contribution in [3.8, 4) is 5.75 Å². The first-order valence-electron chi connectivity index (χ1n) is 7.37. The van der Waals surface area contributed by atoms with Gasteiger partial charge in [-0.05, 0) is 24.1 Å². The van der Waals surface area contributed by atoms with E-state index in [0.29, 0.717) is 18.7 Å². The van der Waals surface area contributed by atoms with Gasteiger partial charge in [0.15, 0.2) is 0 Å². The number of aromatic amines is 1. The van der Waals surface area contributed by atoms with Crippen LogP contribution in [-0.4, -0.2) is 41.2 Å². The van der Waals surface area contributed by atoms with Crippen molar-refractivity contribution in [2.45, 2.75) is 18.8 Å². The smallest absolute Gasteiger partial charge is 0.227 e. The Morgan fingerprint density at radius 3 is 3.14 bits per heavy atom. The van der Waals surface area contributed by atoms with Crippen molar-refractivity contribution >= 4 is 11.6 Å². The number of ether oxygens (including phenoxy) is 1. The Morgan fingerprint density at radius 1 is 1.55 bits per heavy atom. The number of nitrogens with one attached hydrogen (secondary N) is 1. The van der Waals surface area contributed by atoms with Gasteiger partial charge < -0.3 is 15.4 Å². The van der Waals surface area contributed by atoms with Gasteiger partial charge in [0.2, 0.25) is 5.91 Å². The number of hydrogen-bond acceptors (Lipinski definition) is 4. The van der Waals surface area contributed by atoms with Crippen molar-refractivity contribution in [3.63, 3.8) is 0 Å². The van der Waals surface area contributed by atoms with E-state index in [1.807, 2.05) is 29.2 Å². The highest BCUT2D eigenvalue weighted by Crippen LogP contribution is 2.29. The molecule has 3 rings (SSSR count). The Balaban J connectivity index is 1.63. The lowest BCUT2D eigenvalue weighted by Crippen LogP contribution is -2.30. The van der Waals surface area contributed by atoms with Crippen molar-refractivity contribution in [2.75, 3.05) is 25.9 Å². The van der Waals surface area contributed by atoms with Crippen LogP contribution in [0.3, 0.4) is 0 Å². The molecule has 1 atom stereocenters. The molecule has 6 heteroatoms. The number of rotatable bonds is 4. The standard InChI is InChI=1S/C16H20N4O2/c1-22-13-4-2-3-11(7-13)8-15(21)20-6-5-12(10-20)16-14(17)9-18-19-16/h2-4,7,9,12H,5-6,8,10,17H2,1H3,(H,18,19). The number of anilines is 1. The van der Waals surface area contributed by atoms with E-state index in [9.17, 15) is 4.79 Å². The van der Waals surface area contributed by atoms with Crippen LogP contribution in [0.5, 0.6) is 5.75 Å². The van der Waals surface area contributed by atoms with Crippen LogP contribution in [0.1, 0.15) is 23.6 Å². The monoisotopic (exact) mass is 300 g/mol. The van der Waals surface area contributed by atoms with Gasteiger partial charge in [-0.3, -0.25) is 9.89 Å². The molecule has 1 aromatic carbocycles. The van der Waals surface area contributed by atoms with E-state index >= 15 is 0 Å². The number of nitrogens with zero attached hydrogens (tertiary/aromatic N) is 2. The summed E-state index contributed by atoms with van der Waals surface area (Å²) in [6.45, 7) is 1.45. The summed E-state index contributed by atoms with van der Waals surface area (Å²) in [4.78, 5) is 14.3. The summed E-state index contributed by atoms with van der Waals surface area (Å²) in [5.74, 6) is 1.15. The van der Waals surface area contributed by atoms with Crippen LogP contribution < -0.4 is 10.5 Å². The number of nitrogen functional groups attached to an aromatic ring is 1. The molecule has 6 nitrogen and oxygen atoms in total. The lowest BCUT2D eigenvalue weighted by Gasteiger charge is -2.16. The van der Waals surface area contributed by atoms with E-state index in [0.717, 1.165) is 30.0 Å². The molecule has 1 unspecified atom stereocenters. The molecule has 1 aliphatic heterocycles. The van der Waals surface area contributed by atoms with Gasteiger partial charge in [0.1, 0.15) is 5.75 Å². The third kappa shape index (κ3) is 2.90. The fraction of sp³-hybridized carbons (Fsp3) is 0.375. The largest absolute Gasteiger partial charge is 0.497 e. The summed E-state index contributed by atoms with van der Waals surface area (Å²) >= 11 is 0. The summed E-state index contributed by atoms with van der Waals surface area (Å²) < 4.78 is 5.19. The number of carbonyl (C=O) groups excluding carboxylic acids is 1. The second-order valence-corrected chi connectivity index (χ2v) is 5.59. The Bertz CT molecular complexity index is 668. The van der Waals surface area contributed by atoms with Gasteiger partial charge in [-0.1, -0.05) is 12.1 Å². The number of methoxy groups -OCH3 is 1. The van der Waals surface area contributed by atoms with Crippen LogP contribution in [-0.2, 0) is 11.2 Å². The number of benzene rings is 1. The number of H-pyrrole nitrogens is 1. The van der Waals surface area contributed by atoms with Crippen LogP contribution in [0.4, 0.5) is 5.69 Å². The Hall–Kier alpha value is -2.50.